The minimum absolute atomic E-state index is 0.282. The molecule has 0 aliphatic carbocycles. The van der Waals surface area contributed by atoms with Gasteiger partial charge in [0.2, 0.25) is 0 Å². The molecule has 0 aromatic heterocycles. The van der Waals surface area contributed by atoms with Crippen LogP contribution in [0.3, 0.4) is 0 Å². The first kappa shape index (κ1) is 15.9. The van der Waals surface area contributed by atoms with E-state index in [4.69, 9.17) is 16.3 Å². The summed E-state index contributed by atoms with van der Waals surface area (Å²) in [6.45, 7) is 5.74. The second kappa shape index (κ2) is 8.06. The first-order valence-electron chi connectivity index (χ1n) is 7.43. The molecule has 0 bridgehead atoms. The van der Waals surface area contributed by atoms with Crippen LogP contribution in [0, 0.1) is 0 Å². The van der Waals surface area contributed by atoms with E-state index in [0.29, 0.717) is 6.61 Å². The predicted octanol–water partition coefficient (Wildman–Crippen LogP) is 4.63. The molecule has 0 aliphatic rings. The Balaban J connectivity index is 2.14. The molecule has 0 amide bonds. The highest BCUT2D eigenvalue weighted by Crippen LogP contribution is 2.22. The van der Waals surface area contributed by atoms with Gasteiger partial charge in [-0.2, -0.15) is 0 Å². The van der Waals surface area contributed by atoms with E-state index in [1.165, 1.54) is 11.1 Å². The molecule has 112 valence electrons. The molecule has 2 aromatic carbocycles. The summed E-state index contributed by atoms with van der Waals surface area (Å²) in [5, 5.41) is 4.32. The summed E-state index contributed by atoms with van der Waals surface area (Å²) in [6, 6.07) is 16.6. The fourth-order valence-corrected chi connectivity index (χ4v) is 2.63. The molecule has 1 N–H and O–H groups in total. The molecule has 0 spiro atoms. The van der Waals surface area contributed by atoms with Gasteiger partial charge in [0.05, 0.1) is 6.61 Å². The second-order valence-electron chi connectivity index (χ2n) is 4.95. The summed E-state index contributed by atoms with van der Waals surface area (Å²) in [7, 11) is 0. The standard InChI is InChI=1S/C18H22ClNO/c1-3-20-18(13-14-6-5-7-16(19)12-14)15-8-10-17(11-9-15)21-4-2/h5-12,18,20H,3-4,13H2,1-2H3. The molecule has 2 rings (SSSR count). The van der Waals surface area contributed by atoms with Gasteiger partial charge in [-0.25, -0.2) is 0 Å². The molecular formula is C18H22ClNO. The van der Waals surface area contributed by atoms with Crippen LogP contribution < -0.4 is 10.1 Å². The maximum absolute atomic E-state index is 6.07. The van der Waals surface area contributed by atoms with E-state index < -0.39 is 0 Å². The normalized spacial score (nSPS) is 12.1. The van der Waals surface area contributed by atoms with Crippen LogP contribution in [-0.2, 0) is 6.42 Å². The lowest BCUT2D eigenvalue weighted by molar-refractivity contribution is 0.340. The Morgan fingerprint density at radius 2 is 1.86 bits per heavy atom. The summed E-state index contributed by atoms with van der Waals surface area (Å²) >= 11 is 6.07. The third-order valence-corrected chi connectivity index (χ3v) is 3.61. The summed E-state index contributed by atoms with van der Waals surface area (Å²) in [5.41, 5.74) is 2.50. The van der Waals surface area contributed by atoms with Crippen molar-refractivity contribution in [2.24, 2.45) is 0 Å². The molecule has 0 aliphatic heterocycles. The third kappa shape index (κ3) is 4.76. The van der Waals surface area contributed by atoms with Crippen molar-refractivity contribution in [2.75, 3.05) is 13.2 Å². The topological polar surface area (TPSA) is 21.3 Å². The number of hydrogen-bond donors (Lipinski definition) is 1. The molecule has 21 heavy (non-hydrogen) atoms. The molecule has 2 aromatic rings. The Hall–Kier alpha value is -1.51. The van der Waals surface area contributed by atoms with Gasteiger partial charge in [-0.1, -0.05) is 42.8 Å². The largest absolute Gasteiger partial charge is 0.494 e. The van der Waals surface area contributed by atoms with E-state index >= 15 is 0 Å². The molecule has 3 heteroatoms. The van der Waals surface area contributed by atoms with Crippen LogP contribution in [0.5, 0.6) is 5.75 Å². The van der Waals surface area contributed by atoms with E-state index in [0.717, 1.165) is 23.7 Å². The van der Waals surface area contributed by atoms with Gasteiger partial charge in [-0.05, 0) is 55.3 Å². The molecule has 0 heterocycles. The zero-order valence-electron chi connectivity index (χ0n) is 12.6. The van der Waals surface area contributed by atoms with Crippen LogP contribution in [0.1, 0.15) is 31.0 Å². The zero-order chi connectivity index (χ0) is 15.1. The average Bonchev–Trinajstić information content (AvgIpc) is 2.48. The monoisotopic (exact) mass is 303 g/mol. The van der Waals surface area contributed by atoms with E-state index in [1.807, 2.05) is 37.3 Å². The number of halogens is 1. The van der Waals surface area contributed by atoms with Crippen molar-refractivity contribution < 1.29 is 4.74 Å². The molecule has 1 unspecified atom stereocenters. The van der Waals surface area contributed by atoms with Crippen LogP contribution in [-0.4, -0.2) is 13.2 Å². The number of ether oxygens (including phenoxy) is 1. The average molecular weight is 304 g/mol. The van der Waals surface area contributed by atoms with Gasteiger partial charge in [0.25, 0.3) is 0 Å². The highest BCUT2D eigenvalue weighted by molar-refractivity contribution is 6.30. The fraction of sp³-hybridized carbons (Fsp3) is 0.333. The lowest BCUT2D eigenvalue weighted by Crippen LogP contribution is -2.22. The van der Waals surface area contributed by atoms with Crippen molar-refractivity contribution in [3.63, 3.8) is 0 Å². The molecule has 1 atom stereocenters. The van der Waals surface area contributed by atoms with Crippen LogP contribution in [0.15, 0.2) is 48.5 Å². The van der Waals surface area contributed by atoms with Gasteiger partial charge < -0.3 is 10.1 Å². The highest BCUT2D eigenvalue weighted by atomic mass is 35.5. The first-order chi connectivity index (χ1) is 10.2. The summed E-state index contributed by atoms with van der Waals surface area (Å²) in [6.07, 6.45) is 0.919. The second-order valence-corrected chi connectivity index (χ2v) is 5.38. The minimum atomic E-state index is 0.282. The van der Waals surface area contributed by atoms with Crippen molar-refractivity contribution in [1.29, 1.82) is 0 Å². The Bertz CT molecular complexity index is 553. The van der Waals surface area contributed by atoms with E-state index in [1.54, 1.807) is 0 Å². The van der Waals surface area contributed by atoms with Gasteiger partial charge in [0, 0.05) is 11.1 Å². The van der Waals surface area contributed by atoms with Crippen LogP contribution in [0.2, 0.25) is 5.02 Å². The maximum atomic E-state index is 6.07. The number of benzene rings is 2. The maximum Gasteiger partial charge on any atom is 0.119 e. The van der Waals surface area contributed by atoms with Gasteiger partial charge in [0.1, 0.15) is 5.75 Å². The third-order valence-electron chi connectivity index (χ3n) is 3.37. The first-order valence-corrected chi connectivity index (χ1v) is 7.81. The van der Waals surface area contributed by atoms with Crippen molar-refractivity contribution >= 4 is 11.6 Å². The van der Waals surface area contributed by atoms with Gasteiger partial charge in [-0.3, -0.25) is 0 Å². The SMILES string of the molecule is CCNC(Cc1cccc(Cl)c1)c1ccc(OCC)cc1. The zero-order valence-corrected chi connectivity index (χ0v) is 13.4. The number of hydrogen-bond acceptors (Lipinski definition) is 2. The van der Waals surface area contributed by atoms with E-state index in [-0.39, 0.29) is 6.04 Å². The van der Waals surface area contributed by atoms with Gasteiger partial charge in [0.15, 0.2) is 0 Å². The number of rotatable bonds is 7. The predicted molar refractivity (Wildman–Crippen MR) is 89.2 cm³/mol. The van der Waals surface area contributed by atoms with Crippen LogP contribution in [0.25, 0.3) is 0 Å². The summed E-state index contributed by atoms with van der Waals surface area (Å²) in [5.74, 6) is 0.916. The molecule has 0 saturated heterocycles. The molecular weight excluding hydrogens is 282 g/mol. The Labute approximate surface area is 132 Å². The van der Waals surface area contributed by atoms with Gasteiger partial charge >= 0.3 is 0 Å². The van der Waals surface area contributed by atoms with Crippen LogP contribution >= 0.6 is 11.6 Å². The molecule has 2 nitrogen and oxygen atoms in total. The van der Waals surface area contributed by atoms with Gasteiger partial charge in [-0.15, -0.1) is 0 Å². The summed E-state index contributed by atoms with van der Waals surface area (Å²) in [4.78, 5) is 0. The molecule has 0 saturated carbocycles. The Morgan fingerprint density at radius 3 is 2.48 bits per heavy atom. The number of nitrogens with one attached hydrogen (secondary N) is 1. The Morgan fingerprint density at radius 1 is 1.10 bits per heavy atom. The quantitative estimate of drug-likeness (QED) is 0.805. The Kier molecular flexibility index (Phi) is 6.09. The number of likely N-dealkylation sites (N-methyl/N-ethyl adjacent to an activating group) is 1. The van der Waals surface area contributed by atoms with E-state index in [2.05, 4.69) is 30.4 Å². The van der Waals surface area contributed by atoms with Crippen molar-refractivity contribution in [3.05, 3.63) is 64.7 Å². The van der Waals surface area contributed by atoms with Crippen molar-refractivity contribution in [3.8, 4) is 5.75 Å². The lowest BCUT2D eigenvalue weighted by Gasteiger charge is -2.19. The molecule has 0 fully saturated rings. The van der Waals surface area contributed by atoms with Crippen molar-refractivity contribution in [1.82, 2.24) is 5.32 Å². The highest BCUT2D eigenvalue weighted by Gasteiger charge is 2.11. The van der Waals surface area contributed by atoms with Crippen LogP contribution in [0.4, 0.5) is 0 Å². The summed E-state index contributed by atoms with van der Waals surface area (Å²) < 4.78 is 5.50. The lowest BCUT2D eigenvalue weighted by atomic mass is 9.98. The smallest absolute Gasteiger partial charge is 0.119 e. The molecule has 0 radical (unpaired) electrons. The van der Waals surface area contributed by atoms with E-state index in [9.17, 15) is 0 Å². The minimum Gasteiger partial charge on any atom is -0.494 e. The van der Waals surface area contributed by atoms with Crippen molar-refractivity contribution in [2.45, 2.75) is 26.3 Å². The fourth-order valence-electron chi connectivity index (χ4n) is 2.42.